The third kappa shape index (κ3) is 3.44. The highest BCUT2D eigenvalue weighted by Crippen LogP contribution is 2.30. The van der Waals surface area contributed by atoms with Crippen LogP contribution in [0.4, 0.5) is 0 Å². The molecule has 128 valence electrons. The molecule has 0 aliphatic heterocycles. The zero-order valence-electron chi connectivity index (χ0n) is 12.7. The lowest BCUT2D eigenvalue weighted by Gasteiger charge is -2.14. The number of nitrogens with one attached hydrogen (secondary N) is 1. The molecule has 1 N–H and O–H groups in total. The van der Waals surface area contributed by atoms with E-state index >= 15 is 0 Å². The second-order valence-electron chi connectivity index (χ2n) is 5.22. The Bertz CT molecular complexity index is 1050. The van der Waals surface area contributed by atoms with Crippen molar-refractivity contribution in [3.63, 3.8) is 0 Å². The molecule has 0 saturated carbocycles. The van der Waals surface area contributed by atoms with Crippen molar-refractivity contribution in [1.29, 1.82) is 0 Å². The van der Waals surface area contributed by atoms with Gasteiger partial charge in [0, 0.05) is 20.1 Å². The molecule has 2 aromatic carbocycles. The van der Waals surface area contributed by atoms with Crippen molar-refractivity contribution in [2.45, 2.75) is 16.8 Å². The fourth-order valence-electron chi connectivity index (χ4n) is 2.44. The third-order valence-corrected chi connectivity index (χ3v) is 6.47. The number of rotatable bonds is 3. The van der Waals surface area contributed by atoms with Crippen molar-refractivity contribution in [2.75, 3.05) is 0 Å². The molecule has 1 unspecified atom stereocenters. The SMILES string of the molecule is CC(=O)c1c([S+]([O-])c2ccc(Br)cc2)[nH]c2c(Br)ccc(Cl)c2c1=O. The highest BCUT2D eigenvalue weighted by molar-refractivity contribution is 9.11. The van der Waals surface area contributed by atoms with E-state index in [1.807, 2.05) is 0 Å². The Morgan fingerprint density at radius 1 is 1.16 bits per heavy atom. The van der Waals surface area contributed by atoms with Crippen LogP contribution >= 0.6 is 43.5 Å². The molecule has 0 amide bonds. The molecule has 25 heavy (non-hydrogen) atoms. The van der Waals surface area contributed by atoms with Gasteiger partial charge in [-0.3, -0.25) is 9.59 Å². The van der Waals surface area contributed by atoms with Crippen LogP contribution < -0.4 is 5.43 Å². The predicted octanol–water partition coefficient (Wildman–Crippen LogP) is 5.08. The number of carbonyl (C=O) groups is 1. The average molecular weight is 504 g/mol. The minimum Gasteiger partial charge on any atom is -0.605 e. The summed E-state index contributed by atoms with van der Waals surface area (Å²) < 4.78 is 14.4. The van der Waals surface area contributed by atoms with E-state index in [2.05, 4.69) is 36.8 Å². The molecule has 1 heterocycles. The number of aromatic amines is 1. The minimum atomic E-state index is -1.73. The quantitative estimate of drug-likeness (QED) is 0.400. The van der Waals surface area contributed by atoms with Gasteiger partial charge >= 0.3 is 0 Å². The number of aromatic nitrogens is 1. The Morgan fingerprint density at radius 2 is 1.80 bits per heavy atom. The molecule has 0 fully saturated rings. The smallest absolute Gasteiger partial charge is 0.243 e. The molecule has 0 spiro atoms. The normalized spacial score (nSPS) is 12.4. The Labute approximate surface area is 168 Å². The summed E-state index contributed by atoms with van der Waals surface area (Å²) in [6, 6.07) is 10.1. The van der Waals surface area contributed by atoms with Crippen LogP contribution in [-0.4, -0.2) is 15.3 Å². The number of hydrogen-bond donors (Lipinski definition) is 1. The molecule has 0 radical (unpaired) electrons. The maximum atomic E-state index is 13.0. The van der Waals surface area contributed by atoms with Crippen molar-refractivity contribution < 1.29 is 9.35 Å². The summed E-state index contributed by atoms with van der Waals surface area (Å²) in [6.07, 6.45) is 0. The summed E-state index contributed by atoms with van der Waals surface area (Å²) in [5.74, 6) is -0.473. The Balaban J connectivity index is 2.35. The monoisotopic (exact) mass is 501 g/mol. The molecule has 4 nitrogen and oxygen atoms in total. The molecule has 0 bridgehead atoms. The van der Waals surface area contributed by atoms with E-state index in [1.165, 1.54) is 6.92 Å². The molecular weight excluding hydrogens is 494 g/mol. The largest absolute Gasteiger partial charge is 0.605 e. The van der Waals surface area contributed by atoms with Crippen molar-refractivity contribution in [1.82, 2.24) is 4.98 Å². The van der Waals surface area contributed by atoms with Crippen LogP contribution in [0, 0.1) is 0 Å². The number of fused-ring (bicyclic) bond motifs is 1. The van der Waals surface area contributed by atoms with E-state index in [-0.39, 0.29) is 21.0 Å². The van der Waals surface area contributed by atoms with Crippen molar-refractivity contribution >= 4 is 71.3 Å². The molecule has 8 heteroatoms. The number of benzene rings is 2. The number of carbonyl (C=O) groups excluding carboxylic acids is 1. The standard InChI is InChI=1S/C17H10Br2ClNO3S/c1-8(22)13-16(23)14-12(20)7-6-11(19)15(14)21-17(13)25(24)10-4-2-9(18)3-5-10/h2-7H,1H3,(H,21,23). The van der Waals surface area contributed by atoms with Gasteiger partial charge in [0.25, 0.3) is 0 Å². The summed E-state index contributed by atoms with van der Waals surface area (Å²) >= 11 is 11.1. The molecule has 1 atom stereocenters. The maximum Gasteiger partial charge on any atom is 0.243 e. The van der Waals surface area contributed by atoms with Gasteiger partial charge in [-0.1, -0.05) is 27.5 Å². The van der Waals surface area contributed by atoms with Crippen LogP contribution in [0.2, 0.25) is 5.02 Å². The summed E-state index contributed by atoms with van der Waals surface area (Å²) in [7, 11) is 0. The first-order chi connectivity index (χ1) is 11.8. The summed E-state index contributed by atoms with van der Waals surface area (Å²) in [5.41, 5.74) is -0.273. The third-order valence-electron chi connectivity index (χ3n) is 3.59. The van der Waals surface area contributed by atoms with Gasteiger partial charge in [0.05, 0.1) is 15.9 Å². The highest BCUT2D eigenvalue weighted by Gasteiger charge is 2.28. The predicted molar refractivity (Wildman–Crippen MR) is 106 cm³/mol. The first kappa shape index (κ1) is 18.7. The maximum absolute atomic E-state index is 13.0. The van der Waals surface area contributed by atoms with Crippen LogP contribution in [-0.2, 0) is 11.2 Å². The molecular formula is C17H10Br2ClNO3S. The molecule has 0 aliphatic rings. The lowest BCUT2D eigenvalue weighted by molar-refractivity contribution is 0.101. The molecule has 3 aromatic rings. The minimum absolute atomic E-state index is 0.0651. The number of H-pyrrole nitrogens is 1. The van der Waals surface area contributed by atoms with E-state index < -0.39 is 22.4 Å². The second-order valence-corrected chi connectivity index (χ2v) is 8.81. The first-order valence-corrected chi connectivity index (χ1v) is 10.1. The Kier molecular flexibility index (Phi) is 5.41. The topological polar surface area (TPSA) is 73.0 Å². The zero-order chi connectivity index (χ0) is 18.3. The van der Waals surface area contributed by atoms with E-state index in [9.17, 15) is 14.1 Å². The van der Waals surface area contributed by atoms with E-state index in [1.54, 1.807) is 36.4 Å². The summed E-state index contributed by atoms with van der Waals surface area (Å²) in [5, 5.41) is 0.482. The number of pyridine rings is 1. The van der Waals surface area contributed by atoms with Crippen LogP contribution in [0.25, 0.3) is 10.9 Å². The van der Waals surface area contributed by atoms with Crippen LogP contribution in [0.5, 0.6) is 0 Å². The van der Waals surface area contributed by atoms with Crippen molar-refractivity contribution in [3.8, 4) is 0 Å². The summed E-state index contributed by atoms with van der Waals surface area (Å²) in [6.45, 7) is 1.27. The number of ketones is 1. The first-order valence-electron chi connectivity index (χ1n) is 7.03. The van der Waals surface area contributed by atoms with Gasteiger partial charge in [-0.2, -0.15) is 0 Å². The Morgan fingerprint density at radius 3 is 2.40 bits per heavy atom. The van der Waals surface area contributed by atoms with E-state index in [0.717, 1.165) is 4.47 Å². The van der Waals surface area contributed by atoms with Gasteiger partial charge in [-0.25, -0.2) is 0 Å². The van der Waals surface area contributed by atoms with Gasteiger partial charge in [0.2, 0.25) is 10.5 Å². The van der Waals surface area contributed by atoms with Gasteiger partial charge in [-0.05, 0) is 59.3 Å². The lowest BCUT2D eigenvalue weighted by Crippen LogP contribution is -2.22. The van der Waals surface area contributed by atoms with Crippen LogP contribution in [0.3, 0.4) is 0 Å². The Hall–Kier alpha value is -1.12. The molecule has 0 aliphatic carbocycles. The van der Waals surface area contributed by atoms with E-state index in [4.69, 9.17) is 11.6 Å². The second kappa shape index (κ2) is 7.25. The average Bonchev–Trinajstić information content (AvgIpc) is 2.57. The fraction of sp³-hybridized carbons (Fsp3) is 0.0588. The molecule has 1 aromatic heterocycles. The molecule has 0 saturated heterocycles. The highest BCUT2D eigenvalue weighted by atomic mass is 79.9. The van der Waals surface area contributed by atoms with Gasteiger partial charge in [0.15, 0.2) is 10.7 Å². The number of Topliss-reactive ketones (excluding diaryl/α,β-unsaturated/α-hetero) is 1. The lowest BCUT2D eigenvalue weighted by atomic mass is 10.1. The molecule has 3 rings (SSSR count). The van der Waals surface area contributed by atoms with Crippen molar-refractivity contribution in [2.24, 2.45) is 0 Å². The van der Waals surface area contributed by atoms with E-state index in [0.29, 0.717) is 14.9 Å². The number of halogens is 3. The fourth-order valence-corrected chi connectivity index (χ4v) is 4.61. The van der Waals surface area contributed by atoms with Gasteiger partial charge in [-0.15, -0.1) is 0 Å². The zero-order valence-corrected chi connectivity index (χ0v) is 17.5. The van der Waals surface area contributed by atoms with Crippen LogP contribution in [0.15, 0.2) is 60.1 Å². The summed E-state index contributed by atoms with van der Waals surface area (Å²) in [4.78, 5) is 28.4. The van der Waals surface area contributed by atoms with Crippen LogP contribution in [0.1, 0.15) is 17.3 Å². The van der Waals surface area contributed by atoms with Crippen molar-refractivity contribution in [3.05, 3.63) is 66.2 Å². The van der Waals surface area contributed by atoms with Gasteiger partial charge in [0.1, 0.15) is 5.56 Å². The van der Waals surface area contributed by atoms with Gasteiger partial charge < -0.3 is 9.54 Å². The number of hydrogen-bond acceptors (Lipinski definition) is 3.